The maximum atomic E-state index is 12.0. The zero-order valence-corrected chi connectivity index (χ0v) is 15.0. The Morgan fingerprint density at radius 3 is 2.50 bits per heavy atom. The lowest BCUT2D eigenvalue weighted by atomic mass is 10.2. The van der Waals surface area contributed by atoms with Gasteiger partial charge in [0.05, 0.1) is 6.61 Å². The molecule has 0 spiro atoms. The second kappa shape index (κ2) is 12.0. The average molecular weight is 340 g/mol. The summed E-state index contributed by atoms with van der Waals surface area (Å²) in [4.78, 5) is 18.5. The fourth-order valence-corrected chi connectivity index (χ4v) is 2.33. The molecule has 0 aromatic carbocycles. The summed E-state index contributed by atoms with van der Waals surface area (Å²) in [5, 5.41) is 11.8. The number of hydrogen-bond donors (Lipinski definition) is 3. The standard InChI is InChI=1S/C17H32N4O3/c1-3-5-9-21(10-6-4-2)11-7-8-19-16(23)15-13-24-17(20-15)14(18)12-22/h13-14,22H,3-12,18H2,1-2H3,(H,19,23). The van der Waals surface area contributed by atoms with Crippen LogP contribution in [0.3, 0.4) is 0 Å². The van der Waals surface area contributed by atoms with Gasteiger partial charge in [-0.15, -0.1) is 0 Å². The van der Waals surface area contributed by atoms with Gasteiger partial charge in [0.2, 0.25) is 5.89 Å². The highest BCUT2D eigenvalue weighted by molar-refractivity contribution is 5.91. The van der Waals surface area contributed by atoms with Gasteiger partial charge in [-0.05, 0) is 38.9 Å². The number of unbranched alkanes of at least 4 members (excludes halogenated alkanes) is 2. The van der Waals surface area contributed by atoms with E-state index < -0.39 is 6.04 Å². The van der Waals surface area contributed by atoms with Gasteiger partial charge in [-0.2, -0.15) is 0 Å². The lowest BCUT2D eigenvalue weighted by Crippen LogP contribution is -2.31. The van der Waals surface area contributed by atoms with Crippen molar-refractivity contribution >= 4 is 5.91 Å². The van der Waals surface area contributed by atoms with E-state index in [4.69, 9.17) is 15.3 Å². The maximum absolute atomic E-state index is 12.0. The number of nitrogens with two attached hydrogens (primary N) is 1. The number of rotatable bonds is 13. The number of aromatic nitrogens is 1. The molecule has 1 aromatic heterocycles. The molecule has 1 atom stereocenters. The number of nitrogens with zero attached hydrogens (tertiary/aromatic N) is 2. The van der Waals surface area contributed by atoms with Crippen LogP contribution in [0.4, 0.5) is 0 Å². The van der Waals surface area contributed by atoms with Crippen molar-refractivity contribution in [1.82, 2.24) is 15.2 Å². The molecular formula is C17H32N4O3. The summed E-state index contributed by atoms with van der Waals surface area (Å²) >= 11 is 0. The minimum atomic E-state index is -0.697. The summed E-state index contributed by atoms with van der Waals surface area (Å²) in [6.45, 7) is 7.96. The molecule has 0 saturated heterocycles. The lowest BCUT2D eigenvalue weighted by Gasteiger charge is -2.21. The van der Waals surface area contributed by atoms with Gasteiger partial charge in [-0.3, -0.25) is 4.79 Å². The molecule has 7 nitrogen and oxygen atoms in total. The van der Waals surface area contributed by atoms with E-state index in [0.717, 1.165) is 26.1 Å². The number of hydrogen-bond acceptors (Lipinski definition) is 6. The number of oxazole rings is 1. The Kier molecular flexibility index (Phi) is 10.3. The molecule has 0 aliphatic rings. The lowest BCUT2D eigenvalue weighted by molar-refractivity contribution is 0.0946. The Morgan fingerprint density at radius 2 is 1.92 bits per heavy atom. The predicted molar refractivity (Wildman–Crippen MR) is 93.7 cm³/mol. The van der Waals surface area contributed by atoms with Crippen LogP contribution in [-0.4, -0.2) is 53.7 Å². The molecule has 0 radical (unpaired) electrons. The normalized spacial score (nSPS) is 12.5. The molecule has 1 amide bonds. The largest absolute Gasteiger partial charge is 0.446 e. The predicted octanol–water partition coefficient (Wildman–Crippen LogP) is 1.69. The van der Waals surface area contributed by atoms with Gasteiger partial charge in [-0.25, -0.2) is 4.98 Å². The van der Waals surface area contributed by atoms with Crippen molar-refractivity contribution in [2.75, 3.05) is 32.8 Å². The van der Waals surface area contributed by atoms with Crippen molar-refractivity contribution in [3.05, 3.63) is 17.8 Å². The van der Waals surface area contributed by atoms with Crippen molar-refractivity contribution in [3.63, 3.8) is 0 Å². The van der Waals surface area contributed by atoms with Gasteiger partial charge in [-0.1, -0.05) is 26.7 Å². The number of carbonyl (C=O) groups is 1. The quantitative estimate of drug-likeness (QED) is 0.472. The first-order valence-electron chi connectivity index (χ1n) is 8.94. The van der Waals surface area contributed by atoms with Gasteiger partial charge in [0.25, 0.3) is 5.91 Å². The van der Waals surface area contributed by atoms with E-state index in [9.17, 15) is 4.79 Å². The topological polar surface area (TPSA) is 105 Å². The zero-order chi connectivity index (χ0) is 17.8. The van der Waals surface area contributed by atoms with E-state index in [1.165, 1.54) is 31.9 Å². The minimum Gasteiger partial charge on any atom is -0.446 e. The molecule has 0 aliphatic carbocycles. The van der Waals surface area contributed by atoms with Crippen LogP contribution in [0, 0.1) is 0 Å². The Bertz CT molecular complexity index is 456. The minimum absolute atomic E-state index is 0.174. The molecule has 4 N–H and O–H groups in total. The van der Waals surface area contributed by atoms with Gasteiger partial charge < -0.3 is 25.5 Å². The van der Waals surface area contributed by atoms with Crippen LogP contribution in [-0.2, 0) is 0 Å². The number of aliphatic hydroxyl groups is 1. The Morgan fingerprint density at radius 1 is 1.29 bits per heavy atom. The number of aliphatic hydroxyl groups excluding tert-OH is 1. The number of amides is 1. The molecule has 0 aliphatic heterocycles. The van der Waals surface area contributed by atoms with Crippen molar-refractivity contribution in [2.45, 2.75) is 52.0 Å². The SMILES string of the molecule is CCCCN(CCCC)CCCNC(=O)c1coc(C(N)CO)n1. The van der Waals surface area contributed by atoms with Crippen LogP contribution in [0.2, 0.25) is 0 Å². The molecule has 1 aromatic rings. The van der Waals surface area contributed by atoms with E-state index in [2.05, 4.69) is 29.0 Å². The second-order valence-corrected chi connectivity index (χ2v) is 6.02. The third kappa shape index (κ3) is 7.42. The highest BCUT2D eigenvalue weighted by atomic mass is 16.3. The average Bonchev–Trinajstić information content (AvgIpc) is 3.09. The van der Waals surface area contributed by atoms with Crippen LogP contribution >= 0.6 is 0 Å². The van der Waals surface area contributed by atoms with Crippen LogP contribution in [0.1, 0.15) is 68.4 Å². The fraction of sp³-hybridized carbons (Fsp3) is 0.765. The van der Waals surface area contributed by atoms with E-state index in [1.54, 1.807) is 0 Å². The zero-order valence-electron chi connectivity index (χ0n) is 15.0. The summed E-state index contributed by atoms with van der Waals surface area (Å²) in [6, 6.07) is -0.697. The molecule has 7 heteroatoms. The van der Waals surface area contributed by atoms with Gasteiger partial charge in [0.15, 0.2) is 5.69 Å². The van der Waals surface area contributed by atoms with Crippen molar-refractivity contribution < 1.29 is 14.3 Å². The molecule has 1 rings (SSSR count). The maximum Gasteiger partial charge on any atom is 0.273 e. The molecule has 1 heterocycles. The first-order chi connectivity index (χ1) is 11.6. The highest BCUT2D eigenvalue weighted by Gasteiger charge is 2.16. The first kappa shape index (κ1) is 20.6. The number of nitrogens with one attached hydrogen (secondary N) is 1. The summed E-state index contributed by atoms with van der Waals surface area (Å²) in [7, 11) is 0. The van der Waals surface area contributed by atoms with E-state index in [1.807, 2.05) is 0 Å². The fourth-order valence-electron chi connectivity index (χ4n) is 2.33. The van der Waals surface area contributed by atoms with Gasteiger partial charge in [0, 0.05) is 6.54 Å². The Labute approximate surface area is 144 Å². The Hall–Kier alpha value is -1.44. The number of carbonyl (C=O) groups excluding carboxylic acids is 1. The van der Waals surface area contributed by atoms with Crippen molar-refractivity contribution in [3.8, 4) is 0 Å². The summed E-state index contributed by atoms with van der Waals surface area (Å²) in [5.41, 5.74) is 5.80. The monoisotopic (exact) mass is 340 g/mol. The van der Waals surface area contributed by atoms with Crippen LogP contribution in [0.5, 0.6) is 0 Å². The van der Waals surface area contributed by atoms with Crippen LogP contribution < -0.4 is 11.1 Å². The van der Waals surface area contributed by atoms with Crippen LogP contribution in [0.25, 0.3) is 0 Å². The molecule has 0 bridgehead atoms. The third-order valence-electron chi connectivity index (χ3n) is 3.86. The van der Waals surface area contributed by atoms with E-state index in [-0.39, 0.29) is 24.1 Å². The molecule has 0 saturated carbocycles. The van der Waals surface area contributed by atoms with E-state index >= 15 is 0 Å². The van der Waals surface area contributed by atoms with Gasteiger partial charge in [0.1, 0.15) is 12.3 Å². The second-order valence-electron chi connectivity index (χ2n) is 6.02. The van der Waals surface area contributed by atoms with Gasteiger partial charge >= 0.3 is 0 Å². The molecular weight excluding hydrogens is 308 g/mol. The van der Waals surface area contributed by atoms with E-state index in [0.29, 0.717) is 6.54 Å². The highest BCUT2D eigenvalue weighted by Crippen LogP contribution is 2.09. The smallest absolute Gasteiger partial charge is 0.273 e. The van der Waals surface area contributed by atoms with Crippen molar-refractivity contribution in [2.24, 2.45) is 5.73 Å². The van der Waals surface area contributed by atoms with Crippen molar-refractivity contribution in [1.29, 1.82) is 0 Å². The van der Waals surface area contributed by atoms with Crippen LogP contribution in [0.15, 0.2) is 10.7 Å². The first-order valence-corrected chi connectivity index (χ1v) is 8.94. The summed E-state index contributed by atoms with van der Waals surface area (Å²) < 4.78 is 5.11. The summed E-state index contributed by atoms with van der Waals surface area (Å²) in [5.74, 6) is -0.100. The molecule has 0 fully saturated rings. The molecule has 138 valence electrons. The summed E-state index contributed by atoms with van der Waals surface area (Å²) in [6.07, 6.45) is 6.99. The molecule has 1 unspecified atom stereocenters. The molecule has 24 heavy (non-hydrogen) atoms. The third-order valence-corrected chi connectivity index (χ3v) is 3.86. The Balaban J connectivity index is 2.31.